The largest absolute Gasteiger partial charge is 0.342 e. The van der Waals surface area contributed by atoms with Crippen molar-refractivity contribution in [1.82, 2.24) is 9.13 Å². The number of amides is 1. The Kier molecular flexibility index (Phi) is 7.57. The van der Waals surface area contributed by atoms with E-state index in [0.29, 0.717) is 37.9 Å². The van der Waals surface area contributed by atoms with E-state index in [-0.39, 0.29) is 11.5 Å². The van der Waals surface area contributed by atoms with Gasteiger partial charge in [0.15, 0.2) is 4.80 Å². The van der Waals surface area contributed by atoms with Crippen LogP contribution in [0, 0.1) is 6.92 Å². The van der Waals surface area contributed by atoms with E-state index in [1.807, 2.05) is 111 Å². The van der Waals surface area contributed by atoms with E-state index in [2.05, 4.69) is 28.2 Å². The van der Waals surface area contributed by atoms with Gasteiger partial charge in [0.2, 0.25) is 0 Å². The van der Waals surface area contributed by atoms with Crippen molar-refractivity contribution < 1.29 is 4.79 Å². The van der Waals surface area contributed by atoms with Gasteiger partial charge in [0.1, 0.15) is 0 Å². The summed E-state index contributed by atoms with van der Waals surface area (Å²) in [6.45, 7) is 4.52. The second-order valence-electron chi connectivity index (χ2n) is 11.2. The molecule has 1 aliphatic heterocycles. The summed E-state index contributed by atoms with van der Waals surface area (Å²) in [6.07, 6.45) is 4.03. The second-order valence-corrected chi connectivity index (χ2v) is 12.6. The Morgan fingerprint density at radius 3 is 2.40 bits per heavy atom. The van der Waals surface area contributed by atoms with Gasteiger partial charge in [-0.1, -0.05) is 101 Å². The normalized spacial score (nSPS) is 14.8. The molecule has 0 spiro atoms. The number of rotatable bonds is 6. The fourth-order valence-corrected chi connectivity index (χ4v) is 7.01. The minimum atomic E-state index is -0.626. The monoisotopic (exact) mass is 628 g/mol. The standard InChI is InChI=1S/C37H29ClN4O2S/c1-23-12-16-26(17-13-23)34-33(35(43)40-29-8-4-3-5-9-29)24(2)39-37-42(34)36(44)32(45-37)20-27-22-41(31-11-7-6-10-30(27)31)21-25-14-18-28(38)19-15-25/h3-20,22,34H,21H2,1-2H3,(H,40,43)/b32-20+/t34-/m1/s1. The van der Waals surface area contributed by atoms with Crippen LogP contribution < -0.4 is 20.2 Å². The van der Waals surface area contributed by atoms with E-state index >= 15 is 0 Å². The van der Waals surface area contributed by atoms with Crippen LogP contribution in [-0.4, -0.2) is 15.0 Å². The molecule has 1 amide bonds. The first-order valence-corrected chi connectivity index (χ1v) is 15.8. The molecule has 0 unspecified atom stereocenters. The van der Waals surface area contributed by atoms with Gasteiger partial charge in [-0.05, 0) is 61.4 Å². The van der Waals surface area contributed by atoms with Crippen LogP contribution in [0.15, 0.2) is 130 Å². The van der Waals surface area contributed by atoms with Crippen LogP contribution in [0.3, 0.4) is 0 Å². The van der Waals surface area contributed by atoms with Gasteiger partial charge < -0.3 is 9.88 Å². The van der Waals surface area contributed by atoms with Crippen molar-refractivity contribution in [1.29, 1.82) is 0 Å². The number of hydrogen-bond donors (Lipinski definition) is 1. The van der Waals surface area contributed by atoms with Crippen LogP contribution in [0.5, 0.6) is 0 Å². The summed E-state index contributed by atoms with van der Waals surface area (Å²) in [6, 6.07) is 32.7. The fourth-order valence-electron chi connectivity index (χ4n) is 5.84. The summed E-state index contributed by atoms with van der Waals surface area (Å²) in [5, 5.41) is 4.76. The van der Waals surface area contributed by atoms with Gasteiger partial charge in [-0.25, -0.2) is 4.99 Å². The van der Waals surface area contributed by atoms with Gasteiger partial charge in [0, 0.05) is 39.9 Å². The molecule has 2 aromatic heterocycles. The first kappa shape index (κ1) is 28.8. The van der Waals surface area contributed by atoms with Crippen molar-refractivity contribution in [2.24, 2.45) is 4.99 Å². The molecule has 4 aromatic carbocycles. The maximum atomic E-state index is 14.3. The Morgan fingerprint density at radius 1 is 0.933 bits per heavy atom. The number of para-hydroxylation sites is 2. The smallest absolute Gasteiger partial charge is 0.271 e. The van der Waals surface area contributed by atoms with E-state index < -0.39 is 6.04 Å². The van der Waals surface area contributed by atoms with Crippen molar-refractivity contribution in [3.05, 3.63) is 168 Å². The van der Waals surface area contributed by atoms with Crippen molar-refractivity contribution in [2.45, 2.75) is 26.4 Å². The Bertz CT molecular complexity index is 2280. The highest BCUT2D eigenvalue weighted by atomic mass is 35.5. The van der Waals surface area contributed by atoms with E-state index in [4.69, 9.17) is 16.6 Å². The number of allylic oxidation sites excluding steroid dienone is 1. The maximum Gasteiger partial charge on any atom is 0.271 e. The molecule has 1 aliphatic rings. The van der Waals surface area contributed by atoms with Crippen molar-refractivity contribution in [2.75, 3.05) is 5.32 Å². The molecule has 0 aliphatic carbocycles. The number of carbonyl (C=O) groups is 1. The lowest BCUT2D eigenvalue weighted by molar-refractivity contribution is -0.113. The molecule has 1 atom stereocenters. The number of nitrogens with zero attached hydrogens (tertiary/aromatic N) is 3. The third-order valence-corrected chi connectivity index (χ3v) is 9.30. The van der Waals surface area contributed by atoms with E-state index in [9.17, 15) is 9.59 Å². The molecule has 0 saturated carbocycles. The van der Waals surface area contributed by atoms with Gasteiger partial charge in [0.05, 0.1) is 21.8 Å². The Balaban J connectivity index is 1.35. The van der Waals surface area contributed by atoms with Crippen molar-refractivity contribution in [3.8, 4) is 0 Å². The Morgan fingerprint density at radius 2 is 1.64 bits per heavy atom. The molecule has 6 nitrogen and oxygen atoms in total. The number of hydrogen-bond acceptors (Lipinski definition) is 4. The number of aryl methyl sites for hydroxylation is 1. The molecule has 0 fully saturated rings. The average Bonchev–Trinajstić information content (AvgIpc) is 3.54. The number of benzene rings is 4. The zero-order valence-electron chi connectivity index (χ0n) is 24.7. The molecule has 0 saturated heterocycles. The number of halogens is 1. The predicted octanol–water partition coefficient (Wildman–Crippen LogP) is 6.84. The first-order chi connectivity index (χ1) is 21.9. The summed E-state index contributed by atoms with van der Waals surface area (Å²) < 4.78 is 4.41. The van der Waals surface area contributed by atoms with E-state index in [1.165, 1.54) is 11.3 Å². The highest BCUT2D eigenvalue weighted by Crippen LogP contribution is 2.31. The molecule has 1 N–H and O–H groups in total. The summed E-state index contributed by atoms with van der Waals surface area (Å²) >= 11 is 7.46. The Labute approximate surface area is 268 Å². The predicted molar refractivity (Wildman–Crippen MR) is 183 cm³/mol. The van der Waals surface area contributed by atoms with Gasteiger partial charge in [-0.3, -0.25) is 14.2 Å². The van der Waals surface area contributed by atoms with Crippen molar-refractivity contribution in [3.63, 3.8) is 0 Å². The number of aromatic nitrogens is 2. The third-order valence-electron chi connectivity index (χ3n) is 8.06. The highest BCUT2D eigenvalue weighted by molar-refractivity contribution is 7.07. The van der Waals surface area contributed by atoms with E-state index in [0.717, 1.165) is 33.2 Å². The molecule has 0 bridgehead atoms. The van der Waals surface area contributed by atoms with Crippen LogP contribution in [-0.2, 0) is 11.3 Å². The lowest BCUT2D eigenvalue weighted by Gasteiger charge is -2.25. The summed E-state index contributed by atoms with van der Waals surface area (Å²) in [7, 11) is 0. The summed E-state index contributed by atoms with van der Waals surface area (Å²) in [4.78, 5) is 33.4. The van der Waals surface area contributed by atoms with Crippen LogP contribution >= 0.6 is 22.9 Å². The zero-order chi connectivity index (χ0) is 31.1. The summed E-state index contributed by atoms with van der Waals surface area (Å²) in [5.74, 6) is -0.285. The molecular formula is C37H29ClN4O2S. The minimum Gasteiger partial charge on any atom is -0.342 e. The van der Waals surface area contributed by atoms with Crippen LogP contribution in [0.2, 0.25) is 5.02 Å². The lowest BCUT2D eigenvalue weighted by atomic mass is 9.94. The van der Waals surface area contributed by atoms with Gasteiger partial charge in [0.25, 0.3) is 11.5 Å². The molecule has 3 heterocycles. The SMILES string of the molecule is CC1=C(C(=O)Nc2ccccc2)[C@@H](c2ccc(C)cc2)n2c(s/c(=C/c3cn(Cc4ccc(Cl)cc4)c4ccccc34)c2=O)=N1. The molecular weight excluding hydrogens is 600 g/mol. The topological polar surface area (TPSA) is 68.4 Å². The van der Waals surface area contributed by atoms with Gasteiger partial charge in [-0.2, -0.15) is 0 Å². The molecule has 6 aromatic rings. The summed E-state index contributed by atoms with van der Waals surface area (Å²) in [5.41, 5.74) is 6.60. The highest BCUT2D eigenvalue weighted by Gasteiger charge is 2.32. The Hall–Kier alpha value is -4.98. The van der Waals surface area contributed by atoms with Crippen LogP contribution in [0.25, 0.3) is 17.0 Å². The minimum absolute atomic E-state index is 0.184. The van der Waals surface area contributed by atoms with Gasteiger partial charge >= 0.3 is 0 Å². The fraction of sp³-hybridized carbons (Fsp3) is 0.108. The van der Waals surface area contributed by atoms with Crippen LogP contribution in [0.4, 0.5) is 5.69 Å². The first-order valence-electron chi connectivity index (χ1n) is 14.6. The molecule has 222 valence electrons. The van der Waals surface area contributed by atoms with Gasteiger partial charge in [-0.15, -0.1) is 0 Å². The lowest BCUT2D eigenvalue weighted by Crippen LogP contribution is -2.40. The number of carbonyl (C=O) groups excluding carboxylic acids is 1. The maximum absolute atomic E-state index is 14.3. The number of fused-ring (bicyclic) bond motifs is 2. The molecule has 0 radical (unpaired) electrons. The number of nitrogens with one attached hydrogen (secondary N) is 1. The second kappa shape index (κ2) is 11.8. The third kappa shape index (κ3) is 5.57. The zero-order valence-corrected chi connectivity index (χ0v) is 26.3. The van der Waals surface area contributed by atoms with Crippen LogP contribution in [0.1, 0.15) is 35.2 Å². The van der Waals surface area contributed by atoms with E-state index in [1.54, 1.807) is 4.57 Å². The quantitative estimate of drug-likeness (QED) is 0.219. The molecule has 7 rings (SSSR count). The number of anilines is 1. The molecule has 45 heavy (non-hydrogen) atoms. The molecule has 8 heteroatoms. The number of thiazole rings is 1. The van der Waals surface area contributed by atoms with Crippen molar-refractivity contribution >= 4 is 51.5 Å². The average molecular weight is 629 g/mol.